The van der Waals surface area contributed by atoms with Crippen molar-refractivity contribution in [3.63, 3.8) is 0 Å². The van der Waals surface area contributed by atoms with Crippen LogP contribution in [0.5, 0.6) is 0 Å². The Labute approximate surface area is 137 Å². The zero-order valence-electron chi connectivity index (χ0n) is 13.6. The van der Waals surface area contributed by atoms with Crippen molar-refractivity contribution in [1.29, 1.82) is 0 Å². The molecule has 1 aromatic carbocycles. The van der Waals surface area contributed by atoms with Gasteiger partial charge in [-0.15, -0.1) is 0 Å². The molecule has 1 aliphatic heterocycles. The van der Waals surface area contributed by atoms with Crippen LogP contribution in [0.3, 0.4) is 0 Å². The van der Waals surface area contributed by atoms with E-state index in [1.807, 2.05) is 37.3 Å². The van der Waals surface area contributed by atoms with Gasteiger partial charge in [-0.25, -0.2) is 4.79 Å². The second-order valence-electron chi connectivity index (χ2n) is 5.67. The number of carbonyl (C=O) groups excluding carboxylic acids is 2. The van der Waals surface area contributed by atoms with Crippen molar-refractivity contribution < 1.29 is 14.3 Å². The van der Waals surface area contributed by atoms with E-state index in [9.17, 15) is 9.59 Å². The highest BCUT2D eigenvalue weighted by Gasteiger charge is 2.31. The lowest BCUT2D eigenvalue weighted by Crippen LogP contribution is -2.46. The van der Waals surface area contributed by atoms with Crippen LogP contribution in [0.15, 0.2) is 30.3 Å². The summed E-state index contributed by atoms with van der Waals surface area (Å²) in [6.45, 7) is 3.97. The topological polar surface area (TPSA) is 75.9 Å². The summed E-state index contributed by atoms with van der Waals surface area (Å²) in [5.74, 6) is -0.0861. The van der Waals surface area contributed by atoms with E-state index in [1.54, 1.807) is 9.80 Å². The van der Waals surface area contributed by atoms with Gasteiger partial charge in [0, 0.05) is 19.6 Å². The Morgan fingerprint density at radius 1 is 1.35 bits per heavy atom. The molecule has 0 aliphatic carbocycles. The molecule has 6 heteroatoms. The van der Waals surface area contributed by atoms with Gasteiger partial charge in [0.1, 0.15) is 6.61 Å². The van der Waals surface area contributed by atoms with Crippen molar-refractivity contribution in [2.75, 3.05) is 26.2 Å². The Kier molecular flexibility index (Phi) is 6.40. The quantitative estimate of drug-likeness (QED) is 0.864. The van der Waals surface area contributed by atoms with Gasteiger partial charge >= 0.3 is 6.09 Å². The van der Waals surface area contributed by atoms with Gasteiger partial charge in [-0.3, -0.25) is 4.79 Å². The maximum Gasteiger partial charge on any atom is 0.410 e. The van der Waals surface area contributed by atoms with Crippen molar-refractivity contribution in [2.45, 2.75) is 32.4 Å². The zero-order chi connectivity index (χ0) is 16.7. The van der Waals surface area contributed by atoms with Gasteiger partial charge in [0.15, 0.2) is 0 Å². The molecule has 0 radical (unpaired) electrons. The molecule has 1 saturated heterocycles. The van der Waals surface area contributed by atoms with E-state index in [0.717, 1.165) is 18.4 Å². The van der Waals surface area contributed by atoms with Crippen LogP contribution < -0.4 is 5.73 Å². The SMILES string of the molecule is CCN(C[C@@H]1CCCN1C(=O)OCc1ccccc1)C(=O)CN. The predicted octanol–water partition coefficient (Wildman–Crippen LogP) is 1.59. The lowest BCUT2D eigenvalue weighted by Gasteiger charge is -2.29. The van der Waals surface area contributed by atoms with Crippen LogP contribution in [0.4, 0.5) is 4.79 Å². The van der Waals surface area contributed by atoms with Gasteiger partial charge in [-0.05, 0) is 25.3 Å². The first-order valence-electron chi connectivity index (χ1n) is 8.10. The molecule has 0 bridgehead atoms. The molecular weight excluding hydrogens is 294 g/mol. The minimum atomic E-state index is -0.312. The standard InChI is InChI=1S/C17H25N3O3/c1-2-19(16(21)11-18)12-15-9-6-10-20(15)17(22)23-13-14-7-4-3-5-8-14/h3-5,7-8,15H,2,6,9-13,18H2,1H3/t15-/m0/s1. The van der Waals surface area contributed by atoms with E-state index in [0.29, 0.717) is 19.6 Å². The molecule has 2 N–H and O–H groups in total. The lowest BCUT2D eigenvalue weighted by atomic mass is 10.2. The summed E-state index contributed by atoms with van der Waals surface area (Å²) in [5, 5.41) is 0. The number of benzene rings is 1. The van der Waals surface area contributed by atoms with Crippen LogP contribution in [0.25, 0.3) is 0 Å². The van der Waals surface area contributed by atoms with Gasteiger partial charge in [0.05, 0.1) is 12.6 Å². The average molecular weight is 319 g/mol. The average Bonchev–Trinajstić information content (AvgIpc) is 3.06. The van der Waals surface area contributed by atoms with Crippen molar-refractivity contribution in [1.82, 2.24) is 9.80 Å². The van der Waals surface area contributed by atoms with Crippen LogP contribution in [-0.2, 0) is 16.1 Å². The normalized spacial score (nSPS) is 17.1. The minimum Gasteiger partial charge on any atom is -0.445 e. The van der Waals surface area contributed by atoms with Gasteiger partial charge in [0.2, 0.25) is 5.91 Å². The van der Waals surface area contributed by atoms with Crippen molar-refractivity contribution in [2.24, 2.45) is 5.73 Å². The molecule has 0 spiro atoms. The summed E-state index contributed by atoms with van der Waals surface area (Å²) in [4.78, 5) is 27.5. The number of hydrogen-bond donors (Lipinski definition) is 1. The largest absolute Gasteiger partial charge is 0.445 e. The van der Waals surface area contributed by atoms with Gasteiger partial charge in [0.25, 0.3) is 0 Å². The Hall–Kier alpha value is -2.08. The molecule has 0 aromatic heterocycles. The second-order valence-corrected chi connectivity index (χ2v) is 5.67. The van der Waals surface area contributed by atoms with Crippen LogP contribution >= 0.6 is 0 Å². The summed E-state index contributed by atoms with van der Waals surface area (Å²) >= 11 is 0. The first kappa shape index (κ1) is 17.3. The molecular formula is C17H25N3O3. The lowest BCUT2D eigenvalue weighted by molar-refractivity contribution is -0.130. The maximum absolute atomic E-state index is 12.3. The molecule has 1 aliphatic rings. The van der Waals surface area contributed by atoms with E-state index in [2.05, 4.69) is 0 Å². The fourth-order valence-electron chi connectivity index (χ4n) is 2.86. The van der Waals surface area contributed by atoms with Crippen LogP contribution in [0, 0.1) is 0 Å². The van der Waals surface area contributed by atoms with Crippen molar-refractivity contribution in [3.05, 3.63) is 35.9 Å². The highest BCUT2D eigenvalue weighted by Crippen LogP contribution is 2.20. The Morgan fingerprint density at radius 3 is 2.74 bits per heavy atom. The molecule has 0 saturated carbocycles. The highest BCUT2D eigenvalue weighted by atomic mass is 16.6. The Balaban J connectivity index is 1.89. The fourth-order valence-corrected chi connectivity index (χ4v) is 2.86. The zero-order valence-corrected chi connectivity index (χ0v) is 13.6. The number of nitrogens with two attached hydrogens (primary N) is 1. The number of likely N-dealkylation sites (tertiary alicyclic amines) is 1. The molecule has 23 heavy (non-hydrogen) atoms. The fraction of sp³-hybridized carbons (Fsp3) is 0.529. The third-order valence-corrected chi connectivity index (χ3v) is 4.16. The van der Waals surface area contributed by atoms with Crippen molar-refractivity contribution >= 4 is 12.0 Å². The number of likely N-dealkylation sites (N-methyl/N-ethyl adjacent to an activating group) is 1. The summed E-state index contributed by atoms with van der Waals surface area (Å²) in [5.41, 5.74) is 6.40. The number of amides is 2. The number of hydrogen-bond acceptors (Lipinski definition) is 4. The first-order valence-corrected chi connectivity index (χ1v) is 8.10. The van der Waals surface area contributed by atoms with Gasteiger partial charge in [-0.1, -0.05) is 30.3 Å². The molecule has 2 amide bonds. The second kappa shape index (κ2) is 8.53. The van der Waals surface area contributed by atoms with E-state index in [-0.39, 0.29) is 31.2 Å². The van der Waals surface area contributed by atoms with E-state index >= 15 is 0 Å². The minimum absolute atomic E-state index is 0.000979. The Bertz CT molecular complexity index is 521. The molecule has 0 unspecified atom stereocenters. The first-order chi connectivity index (χ1) is 11.2. The van der Waals surface area contributed by atoms with Crippen LogP contribution in [0.2, 0.25) is 0 Å². The molecule has 1 fully saturated rings. The van der Waals surface area contributed by atoms with Crippen LogP contribution in [0.1, 0.15) is 25.3 Å². The highest BCUT2D eigenvalue weighted by molar-refractivity contribution is 5.78. The summed E-state index contributed by atoms with van der Waals surface area (Å²) in [6.07, 6.45) is 1.50. The number of rotatable bonds is 6. The molecule has 2 rings (SSSR count). The van der Waals surface area contributed by atoms with E-state index < -0.39 is 0 Å². The predicted molar refractivity (Wildman–Crippen MR) is 87.7 cm³/mol. The molecule has 6 nitrogen and oxygen atoms in total. The number of ether oxygens (including phenoxy) is 1. The van der Waals surface area contributed by atoms with Crippen molar-refractivity contribution in [3.8, 4) is 0 Å². The molecule has 1 heterocycles. The number of carbonyl (C=O) groups is 2. The Morgan fingerprint density at radius 2 is 2.09 bits per heavy atom. The van der Waals surface area contributed by atoms with Crippen LogP contribution in [-0.4, -0.2) is 54.0 Å². The molecule has 126 valence electrons. The maximum atomic E-state index is 12.3. The number of nitrogens with zero attached hydrogens (tertiary/aromatic N) is 2. The van der Waals surface area contributed by atoms with E-state index in [1.165, 1.54) is 0 Å². The third kappa shape index (κ3) is 4.69. The van der Waals surface area contributed by atoms with E-state index in [4.69, 9.17) is 10.5 Å². The monoisotopic (exact) mass is 319 g/mol. The van der Waals surface area contributed by atoms with Gasteiger partial charge in [-0.2, -0.15) is 0 Å². The summed E-state index contributed by atoms with van der Waals surface area (Å²) in [7, 11) is 0. The van der Waals surface area contributed by atoms with Gasteiger partial charge < -0.3 is 20.3 Å². The smallest absolute Gasteiger partial charge is 0.410 e. The molecule has 1 atom stereocenters. The summed E-state index contributed by atoms with van der Waals surface area (Å²) < 4.78 is 5.40. The molecule has 1 aromatic rings. The third-order valence-electron chi connectivity index (χ3n) is 4.16. The summed E-state index contributed by atoms with van der Waals surface area (Å²) in [6, 6.07) is 9.61.